The molecule has 0 aliphatic carbocycles. The van der Waals surface area contributed by atoms with Crippen LogP contribution in [0.4, 0.5) is 11.6 Å². The van der Waals surface area contributed by atoms with Crippen molar-refractivity contribution in [2.75, 3.05) is 11.5 Å². The first-order valence-electron chi connectivity index (χ1n) is 2.92. The molecule has 1 heterocycles. The fraction of sp³-hybridized carbons (Fsp3) is 0. The van der Waals surface area contributed by atoms with Gasteiger partial charge in [-0.15, -0.1) is 0 Å². The van der Waals surface area contributed by atoms with Crippen molar-refractivity contribution < 1.29 is 0 Å². The van der Waals surface area contributed by atoms with Crippen LogP contribution < -0.4 is 11.5 Å². The summed E-state index contributed by atoms with van der Waals surface area (Å²) in [6, 6.07) is 3.38. The van der Waals surface area contributed by atoms with Crippen molar-refractivity contribution in [2.45, 2.75) is 0 Å². The number of nitrogen functional groups attached to an aromatic ring is 2. The lowest BCUT2D eigenvalue weighted by atomic mass is 10.4. The van der Waals surface area contributed by atoms with Crippen molar-refractivity contribution >= 4 is 11.6 Å². The second kappa shape index (κ2) is 2.72. The van der Waals surface area contributed by atoms with Crippen LogP contribution in [0.3, 0.4) is 0 Å². The number of nitrogens with two attached hydrogens (primary N) is 2. The van der Waals surface area contributed by atoms with E-state index >= 15 is 0 Å². The van der Waals surface area contributed by atoms with Crippen LogP contribution in [-0.2, 0) is 0 Å². The van der Waals surface area contributed by atoms with Gasteiger partial charge in [-0.25, -0.2) is 9.97 Å². The van der Waals surface area contributed by atoms with Gasteiger partial charge in [-0.1, -0.05) is 0 Å². The molecule has 1 aromatic rings. The smallest absolute Gasteiger partial charge is 0.184 e. The van der Waals surface area contributed by atoms with Gasteiger partial charge in [-0.3, -0.25) is 0 Å². The Labute approximate surface area is 68.1 Å². The van der Waals surface area contributed by atoms with Crippen LogP contribution in [0.2, 0.25) is 0 Å². The Hall–Kier alpha value is -2.34. The van der Waals surface area contributed by atoms with E-state index in [1.165, 1.54) is 0 Å². The molecule has 1 aromatic heterocycles. The zero-order valence-corrected chi connectivity index (χ0v) is 5.94. The molecular weight excluding hydrogens is 156 g/mol. The van der Waals surface area contributed by atoms with Crippen LogP contribution >= 0.6 is 0 Å². The normalized spacial score (nSPS) is 8.50. The third-order valence-electron chi connectivity index (χ3n) is 1.16. The number of nitriles is 2. The highest BCUT2D eigenvalue weighted by atomic mass is 15.0. The van der Waals surface area contributed by atoms with E-state index in [1.54, 1.807) is 12.1 Å². The number of aromatic nitrogens is 2. The van der Waals surface area contributed by atoms with Crippen LogP contribution in [0.1, 0.15) is 11.4 Å². The van der Waals surface area contributed by atoms with Crippen molar-refractivity contribution in [3.63, 3.8) is 0 Å². The lowest BCUT2D eigenvalue weighted by Crippen LogP contribution is -2.05. The van der Waals surface area contributed by atoms with Gasteiger partial charge in [0.1, 0.15) is 12.1 Å². The van der Waals surface area contributed by atoms with E-state index in [2.05, 4.69) is 9.97 Å². The van der Waals surface area contributed by atoms with Crippen molar-refractivity contribution in [3.8, 4) is 12.1 Å². The summed E-state index contributed by atoms with van der Waals surface area (Å²) in [7, 11) is 0. The van der Waals surface area contributed by atoms with Crippen LogP contribution in [-0.4, -0.2) is 9.97 Å². The molecule has 6 nitrogen and oxygen atoms in total. The maximum Gasteiger partial charge on any atom is 0.184 e. The summed E-state index contributed by atoms with van der Waals surface area (Å²) >= 11 is 0. The fourth-order valence-electron chi connectivity index (χ4n) is 0.627. The molecule has 0 saturated carbocycles. The molecule has 4 N–H and O–H groups in total. The van der Waals surface area contributed by atoms with E-state index in [-0.39, 0.29) is 23.0 Å². The van der Waals surface area contributed by atoms with Gasteiger partial charge >= 0.3 is 0 Å². The fourth-order valence-corrected chi connectivity index (χ4v) is 0.627. The molecule has 0 atom stereocenters. The van der Waals surface area contributed by atoms with Crippen LogP contribution in [0, 0.1) is 22.7 Å². The zero-order chi connectivity index (χ0) is 9.14. The molecule has 0 saturated heterocycles. The van der Waals surface area contributed by atoms with Gasteiger partial charge < -0.3 is 11.5 Å². The second-order valence-electron chi connectivity index (χ2n) is 1.91. The predicted octanol–water partition coefficient (Wildman–Crippen LogP) is -0.616. The van der Waals surface area contributed by atoms with Crippen molar-refractivity contribution in [1.29, 1.82) is 10.5 Å². The Morgan fingerprint density at radius 1 is 0.917 bits per heavy atom. The predicted molar refractivity (Wildman–Crippen MR) is 40.3 cm³/mol. The quantitative estimate of drug-likeness (QED) is 0.521. The van der Waals surface area contributed by atoms with Gasteiger partial charge in [0.15, 0.2) is 23.0 Å². The standard InChI is InChI=1S/C6H4N6/c7-1-3-5(9)12-6(10)4(2-8)11-3/h(H4,9,10,12). The molecule has 0 bridgehead atoms. The van der Waals surface area contributed by atoms with Gasteiger partial charge in [0.05, 0.1) is 0 Å². The van der Waals surface area contributed by atoms with Gasteiger partial charge in [-0.05, 0) is 0 Å². The Balaban J connectivity index is 3.42. The lowest BCUT2D eigenvalue weighted by Gasteiger charge is -1.98. The molecule has 0 aliphatic rings. The van der Waals surface area contributed by atoms with E-state index in [0.717, 1.165) is 0 Å². The van der Waals surface area contributed by atoms with Gasteiger partial charge in [0, 0.05) is 0 Å². The maximum absolute atomic E-state index is 8.45. The van der Waals surface area contributed by atoms with Gasteiger partial charge in [-0.2, -0.15) is 10.5 Å². The minimum absolute atomic E-state index is 0.0611. The monoisotopic (exact) mass is 160 g/mol. The molecular formula is C6H4N6. The first kappa shape index (κ1) is 7.76. The Bertz CT molecular complexity index is 360. The van der Waals surface area contributed by atoms with E-state index < -0.39 is 0 Å². The molecule has 0 fully saturated rings. The van der Waals surface area contributed by atoms with Crippen LogP contribution in [0.5, 0.6) is 0 Å². The highest BCUT2D eigenvalue weighted by Gasteiger charge is 2.07. The Morgan fingerprint density at radius 2 is 1.33 bits per heavy atom. The van der Waals surface area contributed by atoms with E-state index in [1.807, 2.05) is 0 Å². The van der Waals surface area contributed by atoms with Crippen molar-refractivity contribution in [2.24, 2.45) is 0 Å². The largest absolute Gasteiger partial charge is 0.381 e. The average molecular weight is 160 g/mol. The molecule has 1 rings (SSSR count). The molecule has 0 amide bonds. The maximum atomic E-state index is 8.45. The lowest BCUT2D eigenvalue weighted by molar-refractivity contribution is 1.15. The number of hydrogen-bond acceptors (Lipinski definition) is 6. The van der Waals surface area contributed by atoms with E-state index in [9.17, 15) is 0 Å². The molecule has 0 aliphatic heterocycles. The van der Waals surface area contributed by atoms with Gasteiger partial charge in [0.2, 0.25) is 0 Å². The molecule has 0 spiro atoms. The highest BCUT2D eigenvalue weighted by molar-refractivity contribution is 5.53. The second-order valence-corrected chi connectivity index (χ2v) is 1.91. The average Bonchev–Trinajstić information content (AvgIpc) is 2.05. The molecule has 6 heteroatoms. The molecule has 58 valence electrons. The highest BCUT2D eigenvalue weighted by Crippen LogP contribution is 2.10. The van der Waals surface area contributed by atoms with E-state index in [0.29, 0.717) is 0 Å². The molecule has 0 radical (unpaired) electrons. The summed E-state index contributed by atoms with van der Waals surface area (Å²) in [5, 5.41) is 16.9. The Morgan fingerprint density at radius 3 is 1.67 bits per heavy atom. The molecule has 12 heavy (non-hydrogen) atoms. The summed E-state index contributed by atoms with van der Waals surface area (Å²) in [6.07, 6.45) is 0. The Kier molecular flexibility index (Phi) is 1.76. The molecule has 0 unspecified atom stereocenters. The number of hydrogen-bond donors (Lipinski definition) is 2. The van der Waals surface area contributed by atoms with Crippen LogP contribution in [0.25, 0.3) is 0 Å². The van der Waals surface area contributed by atoms with Crippen molar-refractivity contribution in [1.82, 2.24) is 9.97 Å². The first-order chi connectivity index (χ1) is 5.69. The number of nitrogens with zero attached hydrogens (tertiary/aromatic N) is 4. The number of rotatable bonds is 0. The third kappa shape index (κ3) is 1.09. The third-order valence-corrected chi connectivity index (χ3v) is 1.16. The van der Waals surface area contributed by atoms with Gasteiger partial charge in [0.25, 0.3) is 0 Å². The first-order valence-corrected chi connectivity index (χ1v) is 2.92. The minimum Gasteiger partial charge on any atom is -0.381 e. The summed E-state index contributed by atoms with van der Waals surface area (Å²) in [5.74, 6) is -0.122. The summed E-state index contributed by atoms with van der Waals surface area (Å²) in [6.45, 7) is 0. The molecule has 0 aromatic carbocycles. The minimum atomic E-state index is -0.0826. The summed E-state index contributed by atoms with van der Waals surface area (Å²) in [4.78, 5) is 7.14. The number of anilines is 2. The SMILES string of the molecule is N#Cc1nc(C#N)c(N)nc1N. The summed E-state index contributed by atoms with van der Waals surface area (Å²) in [5.41, 5.74) is 10.4. The van der Waals surface area contributed by atoms with E-state index in [4.69, 9.17) is 22.0 Å². The van der Waals surface area contributed by atoms with Crippen LogP contribution in [0.15, 0.2) is 0 Å². The topological polar surface area (TPSA) is 125 Å². The zero-order valence-electron chi connectivity index (χ0n) is 5.94. The van der Waals surface area contributed by atoms with Crippen molar-refractivity contribution in [3.05, 3.63) is 11.4 Å². The summed E-state index contributed by atoms with van der Waals surface area (Å²) < 4.78 is 0.